The molecule has 0 aliphatic carbocycles. The van der Waals surface area contributed by atoms with Gasteiger partial charge in [-0.3, -0.25) is 0 Å². The zero-order valence-corrected chi connectivity index (χ0v) is 25.2. The molecule has 0 atom stereocenters. The number of fused-ring (bicyclic) bond motifs is 12. The molecule has 0 radical (unpaired) electrons. The van der Waals surface area contributed by atoms with Crippen molar-refractivity contribution in [2.45, 2.75) is 0 Å². The van der Waals surface area contributed by atoms with Gasteiger partial charge in [0, 0.05) is 0 Å². The first-order valence-corrected chi connectivity index (χ1v) is 16.0. The van der Waals surface area contributed by atoms with Crippen LogP contribution in [0.2, 0.25) is 0 Å². The molecule has 0 N–H and O–H groups in total. The number of hydrogen-bond acceptors (Lipinski definition) is 0. The first kappa shape index (κ1) is 25.4. The Morgan fingerprint density at radius 3 is 0.913 bits per heavy atom. The average molecular weight is 581 g/mol. The van der Waals surface area contributed by atoms with Crippen LogP contribution >= 0.6 is 0 Å². The highest BCUT2D eigenvalue weighted by Gasteiger charge is 2.15. The van der Waals surface area contributed by atoms with Crippen LogP contribution < -0.4 is 0 Å². The quantitative estimate of drug-likeness (QED) is 0.178. The highest BCUT2D eigenvalue weighted by Crippen LogP contribution is 2.42. The summed E-state index contributed by atoms with van der Waals surface area (Å²) in [5.41, 5.74) is 5.05. The molecule has 0 aliphatic rings. The Hall–Kier alpha value is -5.98. The molecule has 10 aromatic carbocycles. The Bertz CT molecular complexity index is 2640. The van der Waals surface area contributed by atoms with Gasteiger partial charge in [0.1, 0.15) is 0 Å². The van der Waals surface area contributed by atoms with Crippen LogP contribution in [0.1, 0.15) is 0 Å². The fraction of sp³-hybridized carbons (Fsp3) is 0. The first-order chi connectivity index (χ1) is 22.8. The molecule has 0 heterocycles. The number of rotatable bonds is 2. The minimum Gasteiger partial charge on any atom is -0.0616 e. The monoisotopic (exact) mass is 580 g/mol. The second kappa shape index (κ2) is 9.76. The van der Waals surface area contributed by atoms with Gasteiger partial charge in [-0.05, 0) is 122 Å². The van der Waals surface area contributed by atoms with E-state index in [1.807, 2.05) is 0 Å². The van der Waals surface area contributed by atoms with Crippen LogP contribution in [0.15, 0.2) is 170 Å². The van der Waals surface area contributed by atoms with Gasteiger partial charge in [0.2, 0.25) is 0 Å². The minimum absolute atomic E-state index is 1.25. The van der Waals surface area contributed by atoms with Gasteiger partial charge in [-0.2, -0.15) is 0 Å². The Morgan fingerprint density at radius 1 is 0.196 bits per heavy atom. The number of benzene rings is 10. The van der Waals surface area contributed by atoms with Gasteiger partial charge in [0.05, 0.1) is 0 Å². The predicted octanol–water partition coefficient (Wildman–Crippen LogP) is 13.1. The van der Waals surface area contributed by atoms with Crippen LogP contribution in [0.4, 0.5) is 0 Å². The molecular weight excluding hydrogens is 553 g/mol. The van der Waals surface area contributed by atoms with Gasteiger partial charge in [0.25, 0.3) is 0 Å². The van der Waals surface area contributed by atoms with Gasteiger partial charge in [-0.1, -0.05) is 146 Å². The summed E-state index contributed by atoms with van der Waals surface area (Å²) in [6, 6.07) is 62.9. The third-order valence-electron chi connectivity index (χ3n) is 9.99. The van der Waals surface area contributed by atoms with E-state index in [9.17, 15) is 0 Å². The third-order valence-corrected chi connectivity index (χ3v) is 9.99. The molecule has 0 unspecified atom stereocenters. The van der Waals surface area contributed by atoms with E-state index in [-0.39, 0.29) is 0 Å². The summed E-state index contributed by atoms with van der Waals surface area (Å²) in [5, 5.41) is 18.1. The van der Waals surface area contributed by atoms with Crippen LogP contribution in [0.5, 0.6) is 0 Å². The minimum atomic E-state index is 1.25. The zero-order chi connectivity index (χ0) is 30.2. The Labute approximate surface area is 266 Å². The highest BCUT2D eigenvalue weighted by atomic mass is 14.2. The summed E-state index contributed by atoms with van der Waals surface area (Å²) < 4.78 is 0. The van der Waals surface area contributed by atoms with E-state index in [0.717, 1.165) is 0 Å². The maximum absolute atomic E-state index is 2.42. The van der Waals surface area contributed by atoms with Crippen molar-refractivity contribution in [1.82, 2.24) is 0 Å². The van der Waals surface area contributed by atoms with Gasteiger partial charge >= 0.3 is 0 Å². The fourth-order valence-electron chi connectivity index (χ4n) is 7.88. The molecule has 0 spiro atoms. The average Bonchev–Trinajstić information content (AvgIpc) is 3.14. The Balaban J connectivity index is 1.24. The lowest BCUT2D eigenvalue weighted by molar-refractivity contribution is 1.70. The van der Waals surface area contributed by atoms with Gasteiger partial charge in [-0.15, -0.1) is 0 Å². The molecular formula is C46H28. The summed E-state index contributed by atoms with van der Waals surface area (Å²) in [6.07, 6.45) is 0. The number of hydrogen-bond donors (Lipinski definition) is 0. The van der Waals surface area contributed by atoms with E-state index < -0.39 is 0 Å². The van der Waals surface area contributed by atoms with Crippen molar-refractivity contribution in [2.24, 2.45) is 0 Å². The van der Waals surface area contributed by atoms with Crippen molar-refractivity contribution >= 4 is 75.4 Å². The summed E-state index contributed by atoms with van der Waals surface area (Å²) >= 11 is 0. The third kappa shape index (κ3) is 3.68. The van der Waals surface area contributed by atoms with E-state index in [4.69, 9.17) is 0 Å². The maximum atomic E-state index is 2.42. The summed E-state index contributed by atoms with van der Waals surface area (Å²) in [5.74, 6) is 0. The van der Waals surface area contributed by atoms with Crippen molar-refractivity contribution < 1.29 is 0 Å². The Morgan fingerprint density at radius 2 is 0.500 bits per heavy atom. The van der Waals surface area contributed by atoms with Crippen LogP contribution in [0, 0.1) is 0 Å². The van der Waals surface area contributed by atoms with E-state index in [2.05, 4.69) is 170 Å². The van der Waals surface area contributed by atoms with Crippen molar-refractivity contribution in [3.8, 4) is 22.3 Å². The molecule has 10 aromatic rings. The van der Waals surface area contributed by atoms with E-state index in [0.29, 0.717) is 0 Å². The Kier molecular flexibility index (Phi) is 5.38. The predicted molar refractivity (Wildman–Crippen MR) is 200 cm³/mol. The lowest BCUT2D eigenvalue weighted by Crippen LogP contribution is -1.89. The summed E-state index contributed by atoms with van der Waals surface area (Å²) in [7, 11) is 0. The molecule has 0 saturated carbocycles. The summed E-state index contributed by atoms with van der Waals surface area (Å²) in [6.45, 7) is 0. The van der Waals surface area contributed by atoms with E-state index >= 15 is 0 Å². The summed E-state index contributed by atoms with van der Waals surface area (Å²) in [4.78, 5) is 0. The zero-order valence-electron chi connectivity index (χ0n) is 25.2. The smallest absolute Gasteiger partial charge is 0.00928 e. The second-order valence-corrected chi connectivity index (χ2v) is 12.4. The van der Waals surface area contributed by atoms with Crippen LogP contribution in [0.25, 0.3) is 97.7 Å². The maximum Gasteiger partial charge on any atom is -0.00928 e. The van der Waals surface area contributed by atoms with E-state index in [1.54, 1.807) is 0 Å². The van der Waals surface area contributed by atoms with Crippen molar-refractivity contribution in [1.29, 1.82) is 0 Å². The van der Waals surface area contributed by atoms with Crippen LogP contribution in [-0.2, 0) is 0 Å². The normalized spacial score (nSPS) is 11.9. The molecule has 0 aliphatic heterocycles. The standard InChI is InChI=1S/C46H28/c1-3-13-33-29(11-1)25-43(37-17-7-5-15-35(33)37)31-21-23-41-42-24-22-32(28-46(42)40-20-10-9-19-39(40)45(41)27-31)44-26-30-12-2-4-14-34(30)36-16-6-8-18-38(36)44/h1-28H. The van der Waals surface area contributed by atoms with E-state index in [1.165, 1.54) is 97.7 Å². The van der Waals surface area contributed by atoms with Crippen molar-refractivity contribution in [2.75, 3.05) is 0 Å². The topological polar surface area (TPSA) is 0 Å². The second-order valence-electron chi connectivity index (χ2n) is 12.4. The molecule has 10 rings (SSSR count). The molecule has 0 amide bonds. The SMILES string of the molecule is c1ccc2c(c1)cc(-c1ccc3c4ccc(-c5cc6ccccc6c6ccccc56)cc4c4ccccc4c3c1)c1ccccc12. The van der Waals surface area contributed by atoms with Crippen molar-refractivity contribution in [3.63, 3.8) is 0 Å². The molecule has 0 fully saturated rings. The molecule has 0 nitrogen and oxygen atoms in total. The first-order valence-electron chi connectivity index (χ1n) is 16.0. The van der Waals surface area contributed by atoms with Crippen LogP contribution in [0.3, 0.4) is 0 Å². The molecule has 0 bridgehead atoms. The molecule has 46 heavy (non-hydrogen) atoms. The lowest BCUT2D eigenvalue weighted by Gasteiger charge is -2.16. The fourth-order valence-corrected chi connectivity index (χ4v) is 7.88. The van der Waals surface area contributed by atoms with Gasteiger partial charge in [-0.25, -0.2) is 0 Å². The van der Waals surface area contributed by atoms with Crippen LogP contribution in [-0.4, -0.2) is 0 Å². The van der Waals surface area contributed by atoms with Gasteiger partial charge < -0.3 is 0 Å². The largest absolute Gasteiger partial charge is 0.0616 e. The van der Waals surface area contributed by atoms with Crippen molar-refractivity contribution in [3.05, 3.63) is 170 Å². The highest BCUT2D eigenvalue weighted by molar-refractivity contribution is 6.27. The molecule has 0 aromatic heterocycles. The molecule has 212 valence electrons. The molecule has 0 saturated heterocycles. The lowest BCUT2D eigenvalue weighted by atomic mass is 9.88. The van der Waals surface area contributed by atoms with Gasteiger partial charge in [0.15, 0.2) is 0 Å². The molecule has 0 heteroatoms.